The van der Waals surface area contributed by atoms with Crippen LogP contribution in [0.4, 0.5) is 0 Å². The highest BCUT2D eigenvalue weighted by atomic mass is 32.2. The van der Waals surface area contributed by atoms with Crippen molar-refractivity contribution in [2.45, 2.75) is 15.2 Å². The van der Waals surface area contributed by atoms with E-state index in [0.29, 0.717) is 0 Å². The van der Waals surface area contributed by atoms with E-state index in [9.17, 15) is 0 Å². The molecule has 6 aromatic rings. The topological polar surface area (TPSA) is 30.9 Å². The first-order chi connectivity index (χ1) is 19.2. The van der Waals surface area contributed by atoms with Crippen molar-refractivity contribution in [3.63, 3.8) is 0 Å². The van der Waals surface area contributed by atoms with Crippen molar-refractivity contribution in [2.75, 3.05) is 0 Å². The van der Waals surface area contributed by atoms with Crippen molar-refractivity contribution in [1.29, 1.82) is 0 Å². The number of aromatic nitrogens is 3. The summed E-state index contributed by atoms with van der Waals surface area (Å²) in [5.74, 6) is 1.57. The lowest BCUT2D eigenvalue weighted by Gasteiger charge is -2.40. The average molecular weight is 525 g/mol. The average Bonchev–Trinajstić information content (AvgIpc) is 3.43. The third kappa shape index (κ3) is 4.03. The van der Waals surface area contributed by atoms with Crippen LogP contribution < -0.4 is 9.30 Å². The molecule has 1 aliphatic heterocycles. The van der Waals surface area contributed by atoms with Gasteiger partial charge in [-0.15, -0.1) is 0 Å². The Morgan fingerprint density at radius 1 is 0.744 bits per heavy atom. The maximum Gasteiger partial charge on any atom is 0.248 e. The van der Waals surface area contributed by atoms with Gasteiger partial charge in [0, 0.05) is 22.1 Å². The summed E-state index contributed by atoms with van der Waals surface area (Å²) in [6.07, 6.45) is 7.97. The Hall–Kier alpha value is -4.61. The number of ether oxygens (including phenoxy) is 1. The van der Waals surface area contributed by atoms with E-state index in [-0.39, 0.29) is 0 Å². The smallest absolute Gasteiger partial charge is 0.248 e. The number of nitrogens with zero attached hydrogens (tertiary/aromatic N) is 3. The lowest BCUT2D eigenvalue weighted by atomic mass is 9.66. The quantitative estimate of drug-likeness (QED) is 0.221. The van der Waals surface area contributed by atoms with Gasteiger partial charge in [-0.2, -0.15) is 0 Å². The Morgan fingerprint density at radius 3 is 2.13 bits per heavy atom. The highest BCUT2D eigenvalue weighted by Crippen LogP contribution is 2.55. The summed E-state index contributed by atoms with van der Waals surface area (Å²) in [6.45, 7) is 0. The van der Waals surface area contributed by atoms with Crippen molar-refractivity contribution >= 4 is 11.8 Å². The molecule has 7 rings (SSSR count). The molecule has 0 N–H and O–H groups in total. The number of pyridine rings is 1. The predicted octanol–water partition coefficient (Wildman–Crippen LogP) is 7.34. The monoisotopic (exact) mass is 524 g/mol. The summed E-state index contributed by atoms with van der Waals surface area (Å²) in [6, 6.07) is 40.2. The molecule has 39 heavy (non-hydrogen) atoms. The van der Waals surface area contributed by atoms with Crippen molar-refractivity contribution in [3.05, 3.63) is 163 Å². The first-order valence-electron chi connectivity index (χ1n) is 12.9. The van der Waals surface area contributed by atoms with Crippen LogP contribution in [-0.4, -0.2) is 9.55 Å². The van der Waals surface area contributed by atoms with E-state index in [4.69, 9.17) is 9.72 Å². The molecule has 0 bridgehead atoms. The molecule has 0 spiro atoms. The van der Waals surface area contributed by atoms with E-state index in [0.717, 1.165) is 28.4 Å². The minimum absolute atomic E-state index is 0.583. The van der Waals surface area contributed by atoms with Gasteiger partial charge in [-0.1, -0.05) is 72.4 Å². The Morgan fingerprint density at radius 2 is 1.44 bits per heavy atom. The van der Waals surface area contributed by atoms with Crippen molar-refractivity contribution in [1.82, 2.24) is 9.55 Å². The van der Waals surface area contributed by atoms with E-state index >= 15 is 0 Å². The van der Waals surface area contributed by atoms with Crippen LogP contribution in [0.25, 0.3) is 5.69 Å². The molecular formula is C34H26N3OS+. The van der Waals surface area contributed by atoms with Gasteiger partial charge in [0.2, 0.25) is 6.33 Å². The largest absolute Gasteiger partial charge is 0.457 e. The molecule has 4 nitrogen and oxygen atoms in total. The SMILES string of the molecule is C[n+]1ccn(-c2cccc(Oc3cccc(C4(c5ccccn5)c5ccccc5Sc5ccccc54)c3)c2)c1. The fraction of sp³-hybridized carbons (Fsp3) is 0.0588. The molecule has 0 atom stereocenters. The first-order valence-corrected chi connectivity index (χ1v) is 13.7. The lowest BCUT2D eigenvalue weighted by Crippen LogP contribution is -2.34. The van der Waals surface area contributed by atoms with Gasteiger partial charge in [-0.3, -0.25) is 4.98 Å². The minimum atomic E-state index is -0.583. The Labute approximate surface area is 232 Å². The maximum absolute atomic E-state index is 6.49. The highest BCUT2D eigenvalue weighted by molar-refractivity contribution is 7.99. The summed E-state index contributed by atoms with van der Waals surface area (Å²) in [7, 11) is 2.01. The van der Waals surface area contributed by atoms with Crippen LogP contribution in [0.1, 0.15) is 22.4 Å². The molecule has 0 saturated carbocycles. The molecule has 1 aliphatic rings. The van der Waals surface area contributed by atoms with Gasteiger partial charge in [0.1, 0.15) is 29.6 Å². The first kappa shape index (κ1) is 23.5. The van der Waals surface area contributed by atoms with E-state index in [1.54, 1.807) is 0 Å². The normalized spacial score (nSPS) is 13.4. The van der Waals surface area contributed by atoms with Gasteiger partial charge in [0.25, 0.3) is 0 Å². The van der Waals surface area contributed by atoms with Crippen molar-refractivity contribution in [3.8, 4) is 17.2 Å². The van der Waals surface area contributed by atoms with Crippen LogP contribution in [0.15, 0.2) is 150 Å². The third-order valence-electron chi connectivity index (χ3n) is 7.24. The second kappa shape index (κ2) is 9.61. The standard InChI is InChI=1S/C34H26N3OS/c1-36-20-21-37(24-36)26-11-9-13-28(23-26)38-27-12-8-10-25(22-27)34(33-18-6-7-19-35-33)29-14-2-4-16-31(29)39-32-17-5-3-15-30(32)34/h2-24H,1H3/q+1. The number of rotatable bonds is 5. The van der Waals surface area contributed by atoms with Crippen LogP contribution in [0.5, 0.6) is 11.5 Å². The molecule has 0 aliphatic carbocycles. The summed E-state index contributed by atoms with van der Waals surface area (Å²) < 4.78 is 10.6. The molecule has 4 aromatic carbocycles. The van der Waals surface area contributed by atoms with Gasteiger partial charge in [0.15, 0.2) is 0 Å². The summed E-state index contributed by atoms with van der Waals surface area (Å²) in [5.41, 5.74) is 5.03. The Kier molecular flexibility index (Phi) is 5.79. The second-order valence-electron chi connectivity index (χ2n) is 9.67. The zero-order valence-electron chi connectivity index (χ0n) is 21.4. The molecule has 3 heterocycles. The van der Waals surface area contributed by atoms with E-state index in [1.165, 1.54) is 20.9 Å². The van der Waals surface area contributed by atoms with Gasteiger partial charge in [-0.25, -0.2) is 9.13 Å². The molecule has 2 aromatic heterocycles. The van der Waals surface area contributed by atoms with Crippen molar-refractivity contribution in [2.24, 2.45) is 7.05 Å². The van der Waals surface area contributed by atoms with Crippen molar-refractivity contribution < 1.29 is 9.30 Å². The number of hydrogen-bond donors (Lipinski definition) is 0. The Bertz CT molecular complexity index is 1750. The number of fused-ring (bicyclic) bond motifs is 2. The molecule has 5 heteroatoms. The minimum Gasteiger partial charge on any atom is -0.457 e. The van der Waals surface area contributed by atoms with Gasteiger partial charge < -0.3 is 4.74 Å². The molecule has 0 saturated heterocycles. The number of aryl methyl sites for hydroxylation is 1. The fourth-order valence-corrected chi connectivity index (χ4v) is 6.75. The van der Waals surface area contributed by atoms with Crippen LogP contribution in [0.3, 0.4) is 0 Å². The molecule has 0 fully saturated rings. The second-order valence-corrected chi connectivity index (χ2v) is 10.8. The maximum atomic E-state index is 6.49. The molecular weight excluding hydrogens is 498 g/mol. The number of benzene rings is 4. The summed E-state index contributed by atoms with van der Waals surface area (Å²) in [4.78, 5) is 7.43. The lowest BCUT2D eigenvalue weighted by molar-refractivity contribution is -0.670. The third-order valence-corrected chi connectivity index (χ3v) is 8.39. The van der Waals surface area contributed by atoms with Crippen LogP contribution in [-0.2, 0) is 12.5 Å². The highest BCUT2D eigenvalue weighted by Gasteiger charge is 2.45. The summed E-state index contributed by atoms with van der Waals surface area (Å²) in [5, 5.41) is 0. The number of imidazole rings is 1. The van der Waals surface area contributed by atoms with E-state index < -0.39 is 5.41 Å². The fourth-order valence-electron chi connectivity index (χ4n) is 5.55. The van der Waals surface area contributed by atoms with E-state index in [1.807, 2.05) is 72.6 Å². The zero-order chi connectivity index (χ0) is 26.2. The van der Waals surface area contributed by atoms with Gasteiger partial charge in [0.05, 0.1) is 18.2 Å². The van der Waals surface area contributed by atoms with Crippen LogP contribution in [0.2, 0.25) is 0 Å². The van der Waals surface area contributed by atoms with Crippen LogP contribution >= 0.6 is 11.8 Å². The Balaban J connectivity index is 1.39. The van der Waals surface area contributed by atoms with Gasteiger partial charge in [-0.05, 0) is 65.2 Å². The number of hydrogen-bond acceptors (Lipinski definition) is 3. The predicted molar refractivity (Wildman–Crippen MR) is 154 cm³/mol. The molecule has 0 radical (unpaired) electrons. The van der Waals surface area contributed by atoms with Gasteiger partial charge >= 0.3 is 0 Å². The zero-order valence-corrected chi connectivity index (χ0v) is 22.3. The molecule has 188 valence electrons. The van der Waals surface area contributed by atoms with E-state index in [2.05, 4.69) is 95.6 Å². The van der Waals surface area contributed by atoms with Crippen LogP contribution in [0, 0.1) is 0 Å². The molecule has 0 amide bonds. The summed E-state index contributed by atoms with van der Waals surface area (Å²) >= 11 is 1.82. The molecule has 0 unspecified atom stereocenters.